The number of hydrogen-bond acceptors (Lipinski definition) is 9. The molecule has 0 spiro atoms. The zero-order valence-electron chi connectivity index (χ0n) is 24.7. The van der Waals surface area contributed by atoms with E-state index in [2.05, 4.69) is 26.8 Å². The van der Waals surface area contributed by atoms with E-state index in [1.807, 2.05) is 24.3 Å². The van der Waals surface area contributed by atoms with Crippen LogP contribution in [0, 0.1) is 20.8 Å². The second-order valence-corrected chi connectivity index (χ2v) is 13.3. The minimum Gasteiger partial charge on any atom is -0.494 e. The van der Waals surface area contributed by atoms with E-state index in [-0.39, 0.29) is 29.5 Å². The Morgan fingerprint density at radius 3 is 2.12 bits per heavy atom. The molecule has 0 radical (unpaired) electrons. The summed E-state index contributed by atoms with van der Waals surface area (Å²) in [5, 5.41) is 20.0. The van der Waals surface area contributed by atoms with Crippen LogP contribution in [0.1, 0.15) is 35.1 Å². The third kappa shape index (κ3) is 7.40. The predicted molar refractivity (Wildman–Crippen MR) is 166 cm³/mol. The van der Waals surface area contributed by atoms with Crippen LogP contribution >= 0.6 is 0 Å². The lowest BCUT2D eigenvalue weighted by Gasteiger charge is -2.24. The number of ether oxygens (including phenoxy) is 2. The van der Waals surface area contributed by atoms with Crippen LogP contribution in [0.15, 0.2) is 78.9 Å². The molecule has 0 saturated carbocycles. The van der Waals surface area contributed by atoms with E-state index in [4.69, 9.17) is 18.8 Å². The Morgan fingerprint density at radius 2 is 1.51 bits per heavy atom. The number of aryl methyl sites for hydroxylation is 2. The second kappa shape index (κ2) is 12.5. The summed E-state index contributed by atoms with van der Waals surface area (Å²) in [6, 6.07) is 17.3. The van der Waals surface area contributed by atoms with Crippen molar-refractivity contribution in [3.8, 4) is 22.6 Å². The van der Waals surface area contributed by atoms with Gasteiger partial charge in [-0.1, -0.05) is 30.3 Å². The average Bonchev–Trinajstić information content (AvgIpc) is 2.93. The molecule has 0 amide bonds. The van der Waals surface area contributed by atoms with Crippen molar-refractivity contribution in [1.29, 1.82) is 0 Å². The molecule has 2 heterocycles. The van der Waals surface area contributed by atoms with Gasteiger partial charge in [0.05, 0.1) is 23.9 Å². The zero-order chi connectivity index (χ0) is 30.7. The first-order valence-corrected chi connectivity index (χ1v) is 16.0. The van der Waals surface area contributed by atoms with Crippen molar-refractivity contribution in [1.82, 2.24) is 4.90 Å². The first-order chi connectivity index (χ1) is 20.5. The van der Waals surface area contributed by atoms with E-state index in [0.29, 0.717) is 30.7 Å². The summed E-state index contributed by atoms with van der Waals surface area (Å²) >= 11 is 0. The Balaban J connectivity index is 1.27. The van der Waals surface area contributed by atoms with E-state index in [0.717, 1.165) is 39.1 Å². The molecule has 226 valence electrons. The smallest absolute Gasteiger partial charge is 0.494 e. The van der Waals surface area contributed by atoms with Gasteiger partial charge in [0.15, 0.2) is 9.84 Å². The highest BCUT2D eigenvalue weighted by Crippen LogP contribution is 2.35. The molecule has 1 saturated heterocycles. The quantitative estimate of drug-likeness (QED) is 0.351. The van der Waals surface area contributed by atoms with Gasteiger partial charge in [-0.2, -0.15) is 0 Å². The molecule has 9 nitrogen and oxygen atoms in total. The Hall–Kier alpha value is -4.25. The van der Waals surface area contributed by atoms with Gasteiger partial charge >= 0.3 is 7.12 Å². The standard InChI is InChI=1S/C32H36BNO8S/c1-21-16-28(40-27-12-14-43(37,38)15-13-27)17-22(2)32(21)29-7-5-6-24(23(29)3)20-39-26-10-8-25(9-11-26)33-41-30(35)18-34(4)19-31(36)42-33/h5-11,16-19,27,35-36H,12-15,20H2,1-4H3/b30-18-,31-19?. The summed E-state index contributed by atoms with van der Waals surface area (Å²) in [5.41, 5.74) is 7.17. The van der Waals surface area contributed by atoms with Crippen LogP contribution in [0.25, 0.3) is 11.1 Å². The van der Waals surface area contributed by atoms with Crippen LogP contribution in [0.5, 0.6) is 11.5 Å². The van der Waals surface area contributed by atoms with Crippen LogP contribution in [0.2, 0.25) is 0 Å². The minimum atomic E-state index is -2.93. The molecule has 0 atom stereocenters. The van der Waals surface area contributed by atoms with E-state index in [9.17, 15) is 18.6 Å². The summed E-state index contributed by atoms with van der Waals surface area (Å²) in [5.74, 6) is 1.07. The van der Waals surface area contributed by atoms with Crippen molar-refractivity contribution in [2.75, 3.05) is 18.6 Å². The highest BCUT2D eigenvalue weighted by atomic mass is 32.2. The van der Waals surface area contributed by atoms with E-state index >= 15 is 0 Å². The van der Waals surface area contributed by atoms with Gasteiger partial charge in [-0.05, 0) is 91.3 Å². The van der Waals surface area contributed by atoms with Gasteiger partial charge in [0.2, 0.25) is 0 Å². The minimum absolute atomic E-state index is 0.0868. The molecule has 2 aliphatic rings. The summed E-state index contributed by atoms with van der Waals surface area (Å²) in [4.78, 5) is 1.41. The van der Waals surface area contributed by atoms with Crippen LogP contribution in [0.4, 0.5) is 0 Å². The number of sulfone groups is 1. The van der Waals surface area contributed by atoms with Gasteiger partial charge in [0.1, 0.15) is 24.2 Å². The number of aliphatic hydroxyl groups excluding tert-OH is 2. The van der Waals surface area contributed by atoms with Crippen molar-refractivity contribution in [2.45, 2.75) is 46.3 Å². The van der Waals surface area contributed by atoms with E-state index in [1.165, 1.54) is 17.3 Å². The Labute approximate surface area is 253 Å². The highest BCUT2D eigenvalue weighted by molar-refractivity contribution is 7.91. The predicted octanol–water partition coefficient (Wildman–Crippen LogP) is 5.20. The molecule has 1 fully saturated rings. The average molecular weight is 606 g/mol. The molecule has 0 aliphatic carbocycles. The fourth-order valence-electron chi connectivity index (χ4n) is 5.41. The Bertz CT molecular complexity index is 1590. The first-order valence-electron chi connectivity index (χ1n) is 14.1. The SMILES string of the molecule is Cc1cc(OC2CCS(=O)(=O)CC2)cc(C)c1-c1cccc(COc2ccc(B3OC(O)=CN(C)/C=C(/O)O3)cc2)c1C. The molecule has 11 heteroatoms. The lowest BCUT2D eigenvalue weighted by atomic mass is 9.79. The van der Waals surface area contributed by atoms with E-state index < -0.39 is 17.0 Å². The Morgan fingerprint density at radius 1 is 0.907 bits per heavy atom. The van der Waals surface area contributed by atoms with Crippen molar-refractivity contribution in [3.63, 3.8) is 0 Å². The topological polar surface area (TPSA) is 115 Å². The molecule has 2 aliphatic heterocycles. The van der Waals surface area contributed by atoms with Crippen molar-refractivity contribution < 1.29 is 37.4 Å². The van der Waals surface area contributed by atoms with Crippen molar-refractivity contribution >= 4 is 22.4 Å². The van der Waals surface area contributed by atoms with Crippen molar-refractivity contribution in [3.05, 3.63) is 101 Å². The molecular weight excluding hydrogens is 569 g/mol. The third-order valence-electron chi connectivity index (χ3n) is 7.66. The molecule has 2 N–H and O–H groups in total. The maximum absolute atomic E-state index is 11.8. The normalized spacial score (nSPS) is 18.3. The molecule has 43 heavy (non-hydrogen) atoms. The third-order valence-corrected chi connectivity index (χ3v) is 9.37. The number of nitrogens with zero attached hydrogens (tertiary/aromatic N) is 1. The van der Waals surface area contributed by atoms with Crippen LogP contribution < -0.4 is 14.9 Å². The van der Waals surface area contributed by atoms with Gasteiger partial charge in [0.25, 0.3) is 11.9 Å². The van der Waals surface area contributed by atoms with E-state index in [1.54, 1.807) is 31.3 Å². The molecule has 0 unspecified atom stereocenters. The van der Waals surface area contributed by atoms with Crippen molar-refractivity contribution in [2.24, 2.45) is 0 Å². The fourth-order valence-corrected chi connectivity index (χ4v) is 6.86. The van der Waals surface area contributed by atoms with Gasteiger partial charge < -0.3 is 33.9 Å². The maximum Gasteiger partial charge on any atom is 0.636 e. The van der Waals surface area contributed by atoms with Crippen LogP contribution in [-0.4, -0.2) is 55.3 Å². The van der Waals surface area contributed by atoms with Gasteiger partial charge in [-0.25, -0.2) is 8.42 Å². The van der Waals surface area contributed by atoms with Gasteiger partial charge in [0, 0.05) is 12.5 Å². The fraction of sp³-hybridized carbons (Fsp3) is 0.312. The van der Waals surface area contributed by atoms with Gasteiger partial charge in [-0.3, -0.25) is 0 Å². The number of rotatable bonds is 7. The number of hydrogen-bond donors (Lipinski definition) is 2. The summed E-state index contributed by atoms with van der Waals surface area (Å²) in [7, 11) is -2.35. The molecular formula is C32H36BNO8S. The number of benzene rings is 3. The highest BCUT2D eigenvalue weighted by Gasteiger charge is 2.30. The second-order valence-electron chi connectivity index (χ2n) is 11.0. The number of aliphatic hydroxyl groups is 2. The summed E-state index contributed by atoms with van der Waals surface area (Å²) in [6.45, 7) is 6.58. The van der Waals surface area contributed by atoms with Gasteiger partial charge in [-0.15, -0.1) is 0 Å². The molecule has 5 rings (SSSR count). The maximum atomic E-state index is 11.8. The summed E-state index contributed by atoms with van der Waals surface area (Å²) < 4.78 is 46.7. The zero-order valence-corrected chi connectivity index (χ0v) is 25.6. The lowest BCUT2D eigenvalue weighted by Crippen LogP contribution is -2.37. The molecule has 0 bridgehead atoms. The monoisotopic (exact) mass is 605 g/mol. The molecule has 0 aromatic heterocycles. The van der Waals surface area contributed by atoms with Crippen LogP contribution in [0.3, 0.4) is 0 Å². The summed E-state index contributed by atoms with van der Waals surface area (Å²) in [6.07, 6.45) is 3.59. The largest absolute Gasteiger partial charge is 0.636 e. The Kier molecular flexibility index (Phi) is 8.82. The molecule has 3 aromatic rings. The van der Waals surface area contributed by atoms with Crippen LogP contribution in [-0.2, 0) is 25.8 Å². The lowest BCUT2D eigenvalue weighted by molar-refractivity contribution is 0.124. The molecule has 3 aromatic carbocycles. The first kappa shape index (κ1) is 30.2.